The molecule has 0 fully saturated rings. The minimum Gasteiger partial charge on any atom is -0.349 e. The van der Waals surface area contributed by atoms with Crippen molar-refractivity contribution in [3.63, 3.8) is 0 Å². The van der Waals surface area contributed by atoms with Gasteiger partial charge in [-0.15, -0.1) is 0 Å². The Bertz CT molecular complexity index is 768. The molecule has 0 radical (unpaired) electrons. The lowest BCUT2D eigenvalue weighted by Gasteiger charge is -2.10. The van der Waals surface area contributed by atoms with E-state index in [0.717, 1.165) is 5.56 Å². The van der Waals surface area contributed by atoms with Crippen LogP contribution in [0.15, 0.2) is 48.5 Å². The van der Waals surface area contributed by atoms with E-state index in [1.807, 2.05) is 12.1 Å². The van der Waals surface area contributed by atoms with Crippen LogP contribution in [0, 0.1) is 10.1 Å². The molecule has 0 saturated heterocycles. The summed E-state index contributed by atoms with van der Waals surface area (Å²) < 4.78 is 0. The summed E-state index contributed by atoms with van der Waals surface area (Å²) in [5, 5.41) is 13.4. The number of non-ortho nitro benzene ring substituents is 1. The van der Waals surface area contributed by atoms with Crippen molar-refractivity contribution in [2.75, 3.05) is 19.4 Å². The van der Waals surface area contributed by atoms with Crippen LogP contribution in [0.1, 0.15) is 22.3 Å². The molecule has 2 aromatic carbocycles. The third-order valence-corrected chi connectivity index (χ3v) is 3.68. The van der Waals surface area contributed by atoms with Crippen LogP contribution >= 0.6 is 0 Å². The lowest BCUT2D eigenvalue weighted by molar-refractivity contribution is -0.384. The first-order valence-electron chi connectivity index (χ1n) is 7.71. The number of nitrogens with zero attached hydrogens (tertiary/aromatic N) is 2. The molecule has 25 heavy (non-hydrogen) atoms. The highest BCUT2D eigenvalue weighted by atomic mass is 16.6. The van der Waals surface area contributed by atoms with Gasteiger partial charge in [-0.2, -0.15) is 0 Å². The fourth-order valence-corrected chi connectivity index (χ4v) is 2.17. The molecule has 2 rings (SSSR count). The van der Waals surface area contributed by atoms with E-state index in [1.54, 1.807) is 31.1 Å². The van der Waals surface area contributed by atoms with Crippen molar-refractivity contribution in [3.05, 3.63) is 69.8 Å². The molecular formula is C18H19N3O4. The molecule has 0 aliphatic heterocycles. The summed E-state index contributed by atoms with van der Waals surface area (Å²) >= 11 is 0. The number of hydrogen-bond donors (Lipinski definition) is 1. The molecule has 130 valence electrons. The van der Waals surface area contributed by atoms with Crippen LogP contribution in [0.2, 0.25) is 0 Å². The number of benzene rings is 2. The topological polar surface area (TPSA) is 92.6 Å². The van der Waals surface area contributed by atoms with Crippen molar-refractivity contribution >= 4 is 23.2 Å². The predicted octanol–water partition coefficient (Wildman–Crippen LogP) is 2.87. The van der Waals surface area contributed by atoms with Crippen LogP contribution in [0.25, 0.3) is 0 Å². The number of carbonyl (C=O) groups is 2. The minimum absolute atomic E-state index is 0.0619. The van der Waals surface area contributed by atoms with Crippen molar-refractivity contribution in [3.8, 4) is 0 Å². The lowest BCUT2D eigenvalue weighted by Crippen LogP contribution is -2.21. The molecule has 7 nitrogen and oxygen atoms in total. The van der Waals surface area contributed by atoms with E-state index in [1.165, 1.54) is 24.3 Å². The average Bonchev–Trinajstić information content (AvgIpc) is 2.60. The second-order valence-electron chi connectivity index (χ2n) is 5.74. The number of anilines is 1. The highest BCUT2D eigenvalue weighted by Gasteiger charge is 2.10. The number of carbonyl (C=O) groups excluding carboxylic acids is 2. The van der Waals surface area contributed by atoms with E-state index in [-0.39, 0.29) is 17.5 Å². The van der Waals surface area contributed by atoms with Gasteiger partial charge in [-0.3, -0.25) is 19.7 Å². The molecule has 2 amide bonds. The Labute approximate surface area is 145 Å². The van der Waals surface area contributed by atoms with Gasteiger partial charge in [-0.1, -0.05) is 12.1 Å². The average molecular weight is 341 g/mol. The Balaban J connectivity index is 1.95. The molecule has 1 N–H and O–H groups in total. The standard InChI is InChI=1S/C18H19N3O4/c1-20(2)17(22)12-5-13-3-8-15(9-4-13)19-18(23)14-6-10-16(11-7-14)21(24)25/h3-4,6-11H,5,12H2,1-2H3,(H,19,23). The molecule has 0 atom stereocenters. The Morgan fingerprint density at radius 3 is 2.16 bits per heavy atom. The van der Waals surface area contributed by atoms with Crippen LogP contribution in [0.4, 0.5) is 11.4 Å². The van der Waals surface area contributed by atoms with Crippen molar-refractivity contribution < 1.29 is 14.5 Å². The molecule has 0 saturated carbocycles. The number of amides is 2. The second kappa shape index (κ2) is 8.05. The van der Waals surface area contributed by atoms with E-state index < -0.39 is 4.92 Å². The molecule has 0 unspecified atom stereocenters. The fourth-order valence-electron chi connectivity index (χ4n) is 2.17. The molecule has 0 aliphatic carbocycles. The summed E-state index contributed by atoms with van der Waals surface area (Å²) in [5.74, 6) is -0.277. The first kappa shape index (κ1) is 18.1. The zero-order chi connectivity index (χ0) is 18.4. The van der Waals surface area contributed by atoms with E-state index in [0.29, 0.717) is 24.1 Å². The largest absolute Gasteiger partial charge is 0.349 e. The Hall–Kier alpha value is -3.22. The fraction of sp³-hybridized carbons (Fsp3) is 0.222. The second-order valence-corrected chi connectivity index (χ2v) is 5.74. The Morgan fingerprint density at radius 2 is 1.64 bits per heavy atom. The number of hydrogen-bond acceptors (Lipinski definition) is 4. The maximum absolute atomic E-state index is 12.1. The van der Waals surface area contributed by atoms with Gasteiger partial charge < -0.3 is 10.2 Å². The Morgan fingerprint density at radius 1 is 1.04 bits per heavy atom. The van der Waals surface area contributed by atoms with Gasteiger partial charge in [0.1, 0.15) is 0 Å². The van der Waals surface area contributed by atoms with Gasteiger partial charge in [0.15, 0.2) is 0 Å². The molecule has 0 aliphatic rings. The number of nitrogens with one attached hydrogen (secondary N) is 1. The maximum Gasteiger partial charge on any atom is 0.269 e. The van der Waals surface area contributed by atoms with Crippen LogP contribution in [-0.2, 0) is 11.2 Å². The van der Waals surface area contributed by atoms with Crippen LogP contribution < -0.4 is 5.32 Å². The minimum atomic E-state index is -0.512. The highest BCUT2D eigenvalue weighted by molar-refractivity contribution is 6.04. The van der Waals surface area contributed by atoms with Gasteiger partial charge in [-0.05, 0) is 36.2 Å². The summed E-state index contributed by atoms with van der Waals surface area (Å²) in [6.45, 7) is 0. The maximum atomic E-state index is 12.1. The molecule has 0 spiro atoms. The smallest absolute Gasteiger partial charge is 0.269 e. The highest BCUT2D eigenvalue weighted by Crippen LogP contribution is 2.15. The number of nitro groups is 1. The predicted molar refractivity (Wildman–Crippen MR) is 94.5 cm³/mol. The summed E-state index contributed by atoms with van der Waals surface area (Å²) in [7, 11) is 3.44. The van der Waals surface area contributed by atoms with E-state index >= 15 is 0 Å². The summed E-state index contributed by atoms with van der Waals surface area (Å²) in [6.07, 6.45) is 1.06. The molecule has 0 aromatic heterocycles. The number of aryl methyl sites for hydroxylation is 1. The summed E-state index contributed by atoms with van der Waals surface area (Å²) in [4.78, 5) is 35.4. The van der Waals surface area contributed by atoms with Gasteiger partial charge in [0.05, 0.1) is 4.92 Å². The first-order chi connectivity index (χ1) is 11.9. The summed E-state index contributed by atoms with van der Waals surface area (Å²) in [5.41, 5.74) is 1.90. The first-order valence-corrected chi connectivity index (χ1v) is 7.71. The molecular weight excluding hydrogens is 322 g/mol. The molecule has 7 heteroatoms. The number of nitro benzene ring substituents is 1. The molecule has 0 heterocycles. The van der Waals surface area contributed by atoms with E-state index in [9.17, 15) is 19.7 Å². The van der Waals surface area contributed by atoms with Crippen molar-refractivity contribution in [1.82, 2.24) is 4.90 Å². The monoisotopic (exact) mass is 341 g/mol. The Kier molecular flexibility index (Phi) is 5.84. The van der Waals surface area contributed by atoms with Crippen molar-refractivity contribution in [1.29, 1.82) is 0 Å². The van der Waals surface area contributed by atoms with Gasteiger partial charge in [-0.25, -0.2) is 0 Å². The summed E-state index contributed by atoms with van der Waals surface area (Å²) in [6, 6.07) is 12.6. The van der Waals surface area contributed by atoms with Gasteiger partial charge in [0, 0.05) is 43.9 Å². The van der Waals surface area contributed by atoms with Gasteiger partial charge in [0.2, 0.25) is 5.91 Å². The van der Waals surface area contributed by atoms with Gasteiger partial charge >= 0.3 is 0 Å². The number of rotatable bonds is 6. The normalized spacial score (nSPS) is 10.2. The van der Waals surface area contributed by atoms with Crippen LogP contribution in [0.3, 0.4) is 0 Å². The van der Waals surface area contributed by atoms with Crippen molar-refractivity contribution in [2.45, 2.75) is 12.8 Å². The third-order valence-electron chi connectivity index (χ3n) is 3.68. The van der Waals surface area contributed by atoms with Crippen LogP contribution in [-0.4, -0.2) is 35.7 Å². The lowest BCUT2D eigenvalue weighted by atomic mass is 10.1. The quantitative estimate of drug-likeness (QED) is 0.646. The van der Waals surface area contributed by atoms with E-state index in [4.69, 9.17) is 0 Å². The molecule has 0 bridgehead atoms. The third kappa shape index (κ3) is 5.13. The van der Waals surface area contributed by atoms with E-state index in [2.05, 4.69) is 5.32 Å². The van der Waals surface area contributed by atoms with Crippen LogP contribution in [0.5, 0.6) is 0 Å². The SMILES string of the molecule is CN(C)C(=O)CCc1ccc(NC(=O)c2ccc([N+](=O)[O-])cc2)cc1. The van der Waals surface area contributed by atoms with Gasteiger partial charge in [0.25, 0.3) is 11.6 Å². The zero-order valence-corrected chi connectivity index (χ0v) is 14.1. The van der Waals surface area contributed by atoms with Crippen molar-refractivity contribution in [2.24, 2.45) is 0 Å². The molecule has 2 aromatic rings. The zero-order valence-electron chi connectivity index (χ0n) is 14.1.